The first-order valence-corrected chi connectivity index (χ1v) is 6.66. The largest absolute Gasteiger partial charge is 0.493 e. The Labute approximate surface area is 115 Å². The van der Waals surface area contributed by atoms with Gasteiger partial charge in [-0.25, -0.2) is 0 Å². The van der Waals surface area contributed by atoms with Crippen LogP contribution in [0.2, 0.25) is 0 Å². The van der Waals surface area contributed by atoms with Gasteiger partial charge < -0.3 is 19.9 Å². The third-order valence-electron chi connectivity index (χ3n) is 3.31. The fourth-order valence-electron chi connectivity index (χ4n) is 1.75. The predicted octanol–water partition coefficient (Wildman–Crippen LogP) is 2.00. The highest BCUT2D eigenvalue weighted by molar-refractivity contribution is 5.42. The molecular formula is C15H25NO3. The van der Waals surface area contributed by atoms with Crippen LogP contribution in [0.4, 0.5) is 0 Å². The highest BCUT2D eigenvalue weighted by atomic mass is 16.5. The second-order valence-corrected chi connectivity index (χ2v) is 4.97. The van der Waals surface area contributed by atoms with E-state index in [-0.39, 0.29) is 0 Å². The van der Waals surface area contributed by atoms with E-state index in [2.05, 4.69) is 5.32 Å². The maximum Gasteiger partial charge on any atom is 0.160 e. The third kappa shape index (κ3) is 5.09. The highest BCUT2D eigenvalue weighted by Gasteiger charge is 2.16. The molecule has 0 aromatic heterocycles. The number of nitrogens with one attached hydrogen (secondary N) is 1. The van der Waals surface area contributed by atoms with Crippen molar-refractivity contribution in [1.82, 2.24) is 5.32 Å². The van der Waals surface area contributed by atoms with Crippen LogP contribution in [0.3, 0.4) is 0 Å². The summed E-state index contributed by atoms with van der Waals surface area (Å²) in [5, 5.41) is 13.1. The van der Waals surface area contributed by atoms with Crippen molar-refractivity contribution in [2.75, 3.05) is 27.3 Å². The zero-order valence-electron chi connectivity index (χ0n) is 12.3. The van der Waals surface area contributed by atoms with Crippen LogP contribution in [0, 0.1) is 0 Å². The van der Waals surface area contributed by atoms with E-state index in [4.69, 9.17) is 9.47 Å². The molecular weight excluding hydrogens is 242 g/mol. The first-order chi connectivity index (χ1) is 9.02. The van der Waals surface area contributed by atoms with Crippen molar-refractivity contribution >= 4 is 0 Å². The molecule has 0 aliphatic carbocycles. The van der Waals surface area contributed by atoms with Crippen molar-refractivity contribution in [3.63, 3.8) is 0 Å². The van der Waals surface area contributed by atoms with Crippen LogP contribution >= 0.6 is 0 Å². The summed E-state index contributed by atoms with van der Waals surface area (Å²) < 4.78 is 10.5. The smallest absolute Gasteiger partial charge is 0.160 e. The molecule has 4 heteroatoms. The van der Waals surface area contributed by atoms with Gasteiger partial charge in [-0.15, -0.1) is 0 Å². The molecule has 19 heavy (non-hydrogen) atoms. The number of hydrogen-bond acceptors (Lipinski definition) is 4. The van der Waals surface area contributed by atoms with Gasteiger partial charge in [-0.2, -0.15) is 0 Å². The molecule has 0 spiro atoms. The van der Waals surface area contributed by atoms with Crippen molar-refractivity contribution < 1.29 is 14.6 Å². The summed E-state index contributed by atoms with van der Waals surface area (Å²) in [5.41, 5.74) is 0.554. The van der Waals surface area contributed by atoms with Crippen LogP contribution in [-0.4, -0.2) is 38.0 Å². The molecule has 0 radical (unpaired) electrons. The molecule has 1 aromatic rings. The lowest BCUT2D eigenvalue weighted by molar-refractivity contribution is 0.0561. The Balaban J connectivity index is 2.46. The van der Waals surface area contributed by atoms with Gasteiger partial charge >= 0.3 is 0 Å². The van der Waals surface area contributed by atoms with Crippen LogP contribution in [0.5, 0.6) is 11.5 Å². The topological polar surface area (TPSA) is 50.7 Å². The molecule has 0 heterocycles. The maximum atomic E-state index is 9.87. The summed E-state index contributed by atoms with van der Waals surface area (Å²) in [6.45, 7) is 5.26. The lowest BCUT2D eigenvalue weighted by atomic mass is 10.0. The summed E-state index contributed by atoms with van der Waals surface area (Å²) in [7, 11) is 3.27. The Morgan fingerprint density at radius 3 is 2.47 bits per heavy atom. The molecule has 0 bridgehead atoms. The summed E-state index contributed by atoms with van der Waals surface area (Å²) in [5.74, 6) is 1.49. The molecule has 0 saturated carbocycles. The van der Waals surface area contributed by atoms with Gasteiger partial charge in [0.1, 0.15) is 0 Å². The van der Waals surface area contributed by atoms with Crippen LogP contribution in [0.1, 0.15) is 25.8 Å². The van der Waals surface area contributed by atoms with E-state index in [1.54, 1.807) is 14.2 Å². The first kappa shape index (κ1) is 15.8. The van der Waals surface area contributed by atoms with E-state index in [9.17, 15) is 5.11 Å². The highest BCUT2D eigenvalue weighted by Crippen LogP contribution is 2.27. The second kappa shape index (κ2) is 7.36. The quantitative estimate of drug-likeness (QED) is 0.707. The van der Waals surface area contributed by atoms with E-state index in [0.717, 1.165) is 30.9 Å². The number of methoxy groups -OCH3 is 2. The first-order valence-electron chi connectivity index (χ1n) is 6.66. The number of benzene rings is 1. The monoisotopic (exact) mass is 267 g/mol. The SMILES string of the molecule is CCC(C)(O)CNCCc1ccc(OC)c(OC)c1. The van der Waals surface area contributed by atoms with Crippen molar-refractivity contribution in [3.05, 3.63) is 23.8 Å². The Morgan fingerprint density at radius 1 is 1.21 bits per heavy atom. The molecule has 0 aliphatic rings. The van der Waals surface area contributed by atoms with Gasteiger partial charge in [-0.3, -0.25) is 0 Å². The fraction of sp³-hybridized carbons (Fsp3) is 0.600. The van der Waals surface area contributed by atoms with Crippen LogP contribution in [0.25, 0.3) is 0 Å². The predicted molar refractivity (Wildman–Crippen MR) is 77.0 cm³/mol. The van der Waals surface area contributed by atoms with Crippen LogP contribution in [0.15, 0.2) is 18.2 Å². The Hall–Kier alpha value is -1.26. The molecule has 1 unspecified atom stereocenters. The van der Waals surface area contributed by atoms with Crippen LogP contribution < -0.4 is 14.8 Å². The van der Waals surface area contributed by atoms with E-state index in [1.807, 2.05) is 32.0 Å². The number of hydrogen-bond donors (Lipinski definition) is 2. The van der Waals surface area contributed by atoms with Crippen molar-refractivity contribution in [3.8, 4) is 11.5 Å². The van der Waals surface area contributed by atoms with Gasteiger partial charge in [0.2, 0.25) is 0 Å². The van der Waals surface area contributed by atoms with Gasteiger partial charge in [-0.05, 0) is 44.0 Å². The van der Waals surface area contributed by atoms with E-state index < -0.39 is 5.60 Å². The average Bonchev–Trinajstić information content (AvgIpc) is 2.43. The molecule has 1 rings (SSSR count). The molecule has 0 saturated heterocycles. The summed E-state index contributed by atoms with van der Waals surface area (Å²) in [6, 6.07) is 5.93. The number of ether oxygens (including phenoxy) is 2. The zero-order valence-corrected chi connectivity index (χ0v) is 12.3. The minimum Gasteiger partial charge on any atom is -0.493 e. The van der Waals surface area contributed by atoms with Gasteiger partial charge in [0.25, 0.3) is 0 Å². The minimum atomic E-state index is -0.627. The van der Waals surface area contributed by atoms with Gasteiger partial charge in [0.05, 0.1) is 19.8 Å². The summed E-state index contributed by atoms with van der Waals surface area (Å²) in [6.07, 6.45) is 1.64. The average molecular weight is 267 g/mol. The summed E-state index contributed by atoms with van der Waals surface area (Å²) >= 11 is 0. The van der Waals surface area contributed by atoms with Crippen molar-refractivity contribution in [2.24, 2.45) is 0 Å². The Morgan fingerprint density at radius 2 is 1.89 bits per heavy atom. The van der Waals surface area contributed by atoms with Crippen molar-refractivity contribution in [1.29, 1.82) is 0 Å². The molecule has 2 N–H and O–H groups in total. The minimum absolute atomic E-state index is 0.608. The molecule has 1 atom stereocenters. The second-order valence-electron chi connectivity index (χ2n) is 4.97. The molecule has 4 nitrogen and oxygen atoms in total. The molecule has 0 amide bonds. The Bertz CT molecular complexity index is 391. The maximum absolute atomic E-state index is 9.87. The standard InChI is InChI=1S/C15H25NO3/c1-5-15(2,17)11-16-9-8-12-6-7-13(18-3)14(10-12)19-4/h6-7,10,16-17H,5,8-9,11H2,1-4H3. The molecule has 0 fully saturated rings. The summed E-state index contributed by atoms with van der Waals surface area (Å²) in [4.78, 5) is 0. The zero-order chi connectivity index (χ0) is 14.3. The van der Waals surface area contributed by atoms with E-state index in [1.165, 1.54) is 5.56 Å². The molecule has 1 aromatic carbocycles. The lowest BCUT2D eigenvalue weighted by Crippen LogP contribution is -2.37. The molecule has 0 aliphatic heterocycles. The molecule has 108 valence electrons. The third-order valence-corrected chi connectivity index (χ3v) is 3.31. The number of aliphatic hydroxyl groups is 1. The van der Waals surface area contributed by atoms with Gasteiger partial charge in [0, 0.05) is 6.54 Å². The van der Waals surface area contributed by atoms with Gasteiger partial charge in [0.15, 0.2) is 11.5 Å². The Kier molecular flexibility index (Phi) is 6.12. The van der Waals surface area contributed by atoms with E-state index >= 15 is 0 Å². The van der Waals surface area contributed by atoms with Crippen LogP contribution in [-0.2, 0) is 6.42 Å². The normalized spacial score (nSPS) is 13.9. The number of rotatable bonds is 8. The lowest BCUT2D eigenvalue weighted by Gasteiger charge is -2.21. The van der Waals surface area contributed by atoms with Gasteiger partial charge in [-0.1, -0.05) is 13.0 Å². The van der Waals surface area contributed by atoms with E-state index in [0.29, 0.717) is 6.54 Å². The van der Waals surface area contributed by atoms with Crippen molar-refractivity contribution in [2.45, 2.75) is 32.3 Å². The fourth-order valence-corrected chi connectivity index (χ4v) is 1.75.